The number of thiazole rings is 1. The molecule has 0 amide bonds. The summed E-state index contributed by atoms with van der Waals surface area (Å²) in [5.41, 5.74) is 8.32. The van der Waals surface area contributed by atoms with E-state index >= 15 is 0 Å². The Kier molecular flexibility index (Phi) is 2.51. The zero-order valence-electron chi connectivity index (χ0n) is 9.53. The Hall–Kier alpha value is -0.900. The van der Waals surface area contributed by atoms with Gasteiger partial charge >= 0.3 is 0 Å². The molecule has 1 aliphatic rings. The van der Waals surface area contributed by atoms with Crippen molar-refractivity contribution in [2.24, 2.45) is 5.73 Å². The first-order valence-corrected chi connectivity index (χ1v) is 6.81. The number of hydrogen-bond donors (Lipinski definition) is 1. The summed E-state index contributed by atoms with van der Waals surface area (Å²) in [5, 5.41) is 1.78. The quantitative estimate of drug-likeness (QED) is 0.898. The number of rotatable bonds is 2. The maximum Gasteiger partial charge on any atom is 0.123 e. The van der Waals surface area contributed by atoms with Gasteiger partial charge < -0.3 is 5.73 Å². The topological polar surface area (TPSA) is 38.9 Å². The van der Waals surface area contributed by atoms with Crippen molar-refractivity contribution in [2.75, 3.05) is 0 Å². The predicted octanol–water partition coefficient (Wildman–Crippen LogP) is 3.72. The molecule has 2 aromatic rings. The summed E-state index contributed by atoms with van der Waals surface area (Å²) in [6, 6.07) is 7.78. The Balaban J connectivity index is 2.02. The maximum atomic E-state index is 6.23. The molecule has 1 fully saturated rings. The monoisotopic (exact) mass is 264 g/mol. The van der Waals surface area contributed by atoms with E-state index in [1.54, 1.807) is 11.3 Å². The van der Waals surface area contributed by atoms with Crippen LogP contribution in [0.5, 0.6) is 0 Å². The minimum atomic E-state index is -0.0908. The van der Waals surface area contributed by atoms with Gasteiger partial charge in [-0.05, 0) is 31.9 Å². The number of aryl methyl sites for hydroxylation is 1. The first-order valence-electron chi connectivity index (χ1n) is 5.61. The number of benzene rings is 1. The average molecular weight is 265 g/mol. The molecule has 0 saturated heterocycles. The Bertz CT molecular complexity index is 555. The normalized spacial score (nSPS) is 17.1. The van der Waals surface area contributed by atoms with Gasteiger partial charge in [-0.25, -0.2) is 4.98 Å². The van der Waals surface area contributed by atoms with Gasteiger partial charge in [0.25, 0.3) is 0 Å². The van der Waals surface area contributed by atoms with E-state index in [1.165, 1.54) is 4.88 Å². The Morgan fingerprint density at radius 1 is 1.29 bits per heavy atom. The van der Waals surface area contributed by atoms with Crippen LogP contribution in [0.15, 0.2) is 24.3 Å². The lowest BCUT2D eigenvalue weighted by atomic mass is 10.2. The molecule has 1 heterocycles. The van der Waals surface area contributed by atoms with Gasteiger partial charge in [-0.3, -0.25) is 0 Å². The number of nitrogens with two attached hydrogens (primary N) is 1. The number of aromatic nitrogens is 1. The van der Waals surface area contributed by atoms with E-state index < -0.39 is 0 Å². The minimum absolute atomic E-state index is 0.0908. The molecule has 88 valence electrons. The van der Waals surface area contributed by atoms with E-state index in [-0.39, 0.29) is 5.54 Å². The van der Waals surface area contributed by atoms with Crippen molar-refractivity contribution >= 4 is 22.9 Å². The van der Waals surface area contributed by atoms with E-state index in [1.807, 2.05) is 31.2 Å². The molecule has 1 saturated carbocycles. The molecule has 1 aromatic heterocycles. The van der Waals surface area contributed by atoms with Gasteiger partial charge in [-0.2, -0.15) is 0 Å². The van der Waals surface area contributed by atoms with Crippen LogP contribution in [0.4, 0.5) is 0 Å². The molecule has 0 radical (unpaired) electrons. The highest BCUT2D eigenvalue weighted by Gasteiger charge is 2.43. The van der Waals surface area contributed by atoms with Crippen molar-refractivity contribution in [1.29, 1.82) is 0 Å². The maximum absolute atomic E-state index is 6.23. The second-order valence-corrected chi connectivity index (χ2v) is 6.03. The SMILES string of the molecule is Cc1nc(-c2ccc(Cl)cc2)sc1C1(N)CC1. The highest BCUT2D eigenvalue weighted by atomic mass is 35.5. The lowest BCUT2D eigenvalue weighted by Gasteiger charge is -2.04. The Morgan fingerprint density at radius 3 is 2.53 bits per heavy atom. The van der Waals surface area contributed by atoms with E-state index in [2.05, 4.69) is 4.98 Å². The fourth-order valence-corrected chi connectivity index (χ4v) is 3.29. The summed E-state index contributed by atoms with van der Waals surface area (Å²) in [6.45, 7) is 2.04. The van der Waals surface area contributed by atoms with Crippen molar-refractivity contribution < 1.29 is 0 Å². The molecule has 4 heteroatoms. The largest absolute Gasteiger partial charge is 0.321 e. The molecule has 1 aromatic carbocycles. The van der Waals surface area contributed by atoms with E-state index in [0.29, 0.717) is 0 Å². The fourth-order valence-electron chi connectivity index (χ4n) is 1.94. The van der Waals surface area contributed by atoms with Crippen molar-refractivity contribution in [3.8, 4) is 10.6 Å². The van der Waals surface area contributed by atoms with Crippen molar-refractivity contribution in [1.82, 2.24) is 4.98 Å². The van der Waals surface area contributed by atoms with Gasteiger partial charge in [-0.15, -0.1) is 11.3 Å². The lowest BCUT2D eigenvalue weighted by molar-refractivity contribution is 0.748. The third-order valence-corrected chi connectivity index (χ3v) is 4.81. The Morgan fingerprint density at radius 2 is 1.94 bits per heavy atom. The van der Waals surface area contributed by atoms with Gasteiger partial charge in [-0.1, -0.05) is 23.7 Å². The third kappa shape index (κ3) is 1.99. The fraction of sp³-hybridized carbons (Fsp3) is 0.308. The highest BCUT2D eigenvalue weighted by Crippen LogP contribution is 2.47. The van der Waals surface area contributed by atoms with Crippen LogP contribution in [0.3, 0.4) is 0 Å². The second-order valence-electron chi connectivity index (χ2n) is 4.60. The smallest absolute Gasteiger partial charge is 0.123 e. The van der Waals surface area contributed by atoms with Crippen LogP contribution in [0, 0.1) is 6.92 Å². The van der Waals surface area contributed by atoms with Crippen LogP contribution in [0.25, 0.3) is 10.6 Å². The van der Waals surface area contributed by atoms with Gasteiger partial charge in [0.2, 0.25) is 0 Å². The zero-order valence-corrected chi connectivity index (χ0v) is 11.1. The molecule has 0 unspecified atom stereocenters. The summed E-state index contributed by atoms with van der Waals surface area (Å²) < 4.78 is 0. The van der Waals surface area contributed by atoms with Gasteiger partial charge in [0.1, 0.15) is 5.01 Å². The summed E-state index contributed by atoms with van der Waals surface area (Å²) >= 11 is 7.59. The molecule has 1 aliphatic carbocycles. The summed E-state index contributed by atoms with van der Waals surface area (Å²) in [4.78, 5) is 5.85. The third-order valence-electron chi connectivity index (χ3n) is 3.13. The van der Waals surface area contributed by atoms with Crippen LogP contribution >= 0.6 is 22.9 Å². The summed E-state index contributed by atoms with van der Waals surface area (Å²) in [7, 11) is 0. The molecule has 2 N–H and O–H groups in total. The van der Waals surface area contributed by atoms with Crippen LogP contribution in [-0.2, 0) is 5.54 Å². The molecular formula is C13H13ClN2S. The second kappa shape index (κ2) is 3.80. The number of nitrogens with zero attached hydrogens (tertiary/aromatic N) is 1. The first kappa shape index (κ1) is 11.2. The first-order chi connectivity index (χ1) is 8.08. The van der Waals surface area contributed by atoms with Crippen LogP contribution < -0.4 is 5.73 Å². The molecule has 0 aliphatic heterocycles. The summed E-state index contributed by atoms with van der Waals surface area (Å²) in [6.07, 6.45) is 2.16. The van der Waals surface area contributed by atoms with Crippen LogP contribution in [0.1, 0.15) is 23.4 Å². The molecule has 2 nitrogen and oxygen atoms in total. The zero-order chi connectivity index (χ0) is 12.0. The van der Waals surface area contributed by atoms with Gasteiger partial charge in [0.05, 0.1) is 11.2 Å². The van der Waals surface area contributed by atoms with Crippen molar-refractivity contribution in [3.05, 3.63) is 39.9 Å². The lowest BCUT2D eigenvalue weighted by Crippen LogP contribution is -2.18. The molecular weight excluding hydrogens is 252 g/mol. The summed E-state index contributed by atoms with van der Waals surface area (Å²) in [5.74, 6) is 0. The molecule has 0 spiro atoms. The number of hydrogen-bond acceptors (Lipinski definition) is 3. The van der Waals surface area contributed by atoms with Crippen molar-refractivity contribution in [3.63, 3.8) is 0 Å². The van der Waals surface area contributed by atoms with Crippen LogP contribution in [0.2, 0.25) is 5.02 Å². The minimum Gasteiger partial charge on any atom is -0.321 e. The standard InChI is InChI=1S/C13H13ClN2S/c1-8-11(13(15)6-7-13)17-12(16-8)9-2-4-10(14)5-3-9/h2-5H,6-7,15H2,1H3. The van der Waals surface area contributed by atoms with Gasteiger partial charge in [0.15, 0.2) is 0 Å². The van der Waals surface area contributed by atoms with E-state index in [9.17, 15) is 0 Å². The van der Waals surface area contributed by atoms with E-state index in [4.69, 9.17) is 17.3 Å². The molecule has 0 atom stereocenters. The number of halogens is 1. The molecule has 0 bridgehead atoms. The van der Waals surface area contributed by atoms with E-state index in [0.717, 1.165) is 34.1 Å². The molecule has 3 rings (SSSR count). The Labute approximate surface area is 109 Å². The highest BCUT2D eigenvalue weighted by molar-refractivity contribution is 7.15. The molecule has 17 heavy (non-hydrogen) atoms. The van der Waals surface area contributed by atoms with Crippen LogP contribution in [-0.4, -0.2) is 4.98 Å². The van der Waals surface area contributed by atoms with Crippen molar-refractivity contribution in [2.45, 2.75) is 25.3 Å². The predicted molar refractivity (Wildman–Crippen MR) is 72.4 cm³/mol. The average Bonchev–Trinajstić information content (AvgIpc) is 2.91. The van der Waals surface area contributed by atoms with Gasteiger partial charge in [0, 0.05) is 15.5 Å².